The summed E-state index contributed by atoms with van der Waals surface area (Å²) in [5.74, 6) is -0.0337. The second-order valence-corrected chi connectivity index (χ2v) is 8.58. The first kappa shape index (κ1) is 18.8. The van der Waals surface area contributed by atoms with Crippen molar-refractivity contribution in [3.8, 4) is 6.07 Å². The maximum atomic E-state index is 12.6. The first-order valence-electron chi connectivity index (χ1n) is 9.25. The Morgan fingerprint density at radius 2 is 2.23 bits per heavy atom. The Morgan fingerprint density at radius 1 is 1.46 bits per heavy atom. The molecular weight excluding hydrogens is 344 g/mol. The number of piperidine rings is 1. The van der Waals surface area contributed by atoms with Gasteiger partial charge in [0.05, 0.1) is 28.9 Å². The maximum Gasteiger partial charge on any atom is 0.235 e. The smallest absolute Gasteiger partial charge is 0.235 e. The highest BCUT2D eigenvalue weighted by Crippen LogP contribution is 2.35. The third kappa shape index (κ3) is 3.89. The summed E-state index contributed by atoms with van der Waals surface area (Å²) in [7, 11) is 0. The van der Waals surface area contributed by atoms with Crippen LogP contribution < -0.4 is 5.32 Å². The number of likely N-dealkylation sites (tertiary alicyclic amines) is 1. The van der Waals surface area contributed by atoms with Crippen molar-refractivity contribution in [3.63, 3.8) is 0 Å². The van der Waals surface area contributed by atoms with Gasteiger partial charge in [-0.15, -0.1) is 11.3 Å². The number of carbonyl (C=O) groups is 1. The number of hydrogen-bond donors (Lipinski definition) is 1. The van der Waals surface area contributed by atoms with Gasteiger partial charge in [-0.1, -0.05) is 32.4 Å². The molecule has 1 fully saturated rings. The van der Waals surface area contributed by atoms with Crippen LogP contribution in [0, 0.1) is 17.2 Å². The molecule has 138 valence electrons. The van der Waals surface area contributed by atoms with Gasteiger partial charge in [-0.3, -0.25) is 9.69 Å². The topological polar surface area (TPSA) is 69.0 Å². The van der Waals surface area contributed by atoms with E-state index in [-0.39, 0.29) is 17.9 Å². The minimum atomic E-state index is -0.835. The van der Waals surface area contributed by atoms with Crippen molar-refractivity contribution in [2.75, 3.05) is 13.1 Å². The number of para-hydroxylation sites is 1. The van der Waals surface area contributed by atoms with Gasteiger partial charge < -0.3 is 5.32 Å². The number of nitrogens with zero attached hydrogens (tertiary/aromatic N) is 3. The second kappa shape index (κ2) is 7.73. The number of aromatic nitrogens is 1. The Bertz CT molecular complexity index is 792. The molecule has 1 saturated heterocycles. The van der Waals surface area contributed by atoms with E-state index in [1.54, 1.807) is 18.3 Å². The van der Waals surface area contributed by atoms with Crippen LogP contribution in [0.1, 0.15) is 51.1 Å². The van der Waals surface area contributed by atoms with Gasteiger partial charge in [0.15, 0.2) is 0 Å². The Labute approximate surface area is 159 Å². The number of nitriles is 1. The van der Waals surface area contributed by atoms with Crippen LogP contribution in [0.5, 0.6) is 0 Å². The number of nitrogens with one attached hydrogen (secondary N) is 1. The lowest BCUT2D eigenvalue weighted by atomic mass is 9.90. The molecule has 2 atom stereocenters. The van der Waals surface area contributed by atoms with Crippen LogP contribution in [0.25, 0.3) is 10.2 Å². The quantitative estimate of drug-likeness (QED) is 0.867. The number of carbonyl (C=O) groups excluding carboxylic acids is 1. The van der Waals surface area contributed by atoms with Gasteiger partial charge in [0.1, 0.15) is 10.5 Å². The number of rotatable bonds is 5. The van der Waals surface area contributed by atoms with Crippen molar-refractivity contribution in [3.05, 3.63) is 29.3 Å². The molecule has 26 heavy (non-hydrogen) atoms. The molecule has 0 spiro atoms. The summed E-state index contributed by atoms with van der Waals surface area (Å²) >= 11 is 1.72. The minimum absolute atomic E-state index is 0.0536. The van der Waals surface area contributed by atoms with Crippen LogP contribution in [0.4, 0.5) is 0 Å². The maximum absolute atomic E-state index is 12.6. The highest BCUT2D eigenvalue weighted by Gasteiger charge is 2.33. The van der Waals surface area contributed by atoms with E-state index in [2.05, 4.69) is 22.4 Å². The van der Waals surface area contributed by atoms with Crippen LogP contribution in [0.3, 0.4) is 0 Å². The van der Waals surface area contributed by atoms with E-state index in [1.165, 1.54) is 4.70 Å². The van der Waals surface area contributed by atoms with E-state index >= 15 is 0 Å². The number of benzene rings is 1. The first-order valence-corrected chi connectivity index (χ1v) is 10.1. The van der Waals surface area contributed by atoms with Crippen LogP contribution in [-0.4, -0.2) is 34.4 Å². The van der Waals surface area contributed by atoms with E-state index < -0.39 is 5.54 Å². The second-order valence-electron chi connectivity index (χ2n) is 7.52. The molecule has 3 rings (SSSR count). The van der Waals surface area contributed by atoms with Crippen molar-refractivity contribution in [2.24, 2.45) is 5.92 Å². The molecule has 1 aliphatic heterocycles. The zero-order chi connectivity index (χ0) is 18.7. The normalized spacial score (nSPS) is 20.7. The first-order chi connectivity index (χ1) is 12.4. The van der Waals surface area contributed by atoms with Crippen molar-refractivity contribution in [2.45, 2.75) is 51.6 Å². The molecule has 0 aliphatic carbocycles. The van der Waals surface area contributed by atoms with Gasteiger partial charge >= 0.3 is 0 Å². The van der Waals surface area contributed by atoms with Gasteiger partial charge in [0.2, 0.25) is 5.91 Å². The zero-order valence-electron chi connectivity index (χ0n) is 15.7. The predicted octanol–water partition coefficient (Wildman–Crippen LogP) is 3.88. The Balaban J connectivity index is 1.75. The fraction of sp³-hybridized carbons (Fsp3) is 0.550. The van der Waals surface area contributed by atoms with Gasteiger partial charge in [0.25, 0.3) is 0 Å². The molecule has 2 heterocycles. The Morgan fingerprint density at radius 3 is 2.92 bits per heavy atom. The molecule has 0 bridgehead atoms. The van der Waals surface area contributed by atoms with E-state index in [0.29, 0.717) is 6.54 Å². The summed E-state index contributed by atoms with van der Waals surface area (Å²) in [4.78, 5) is 19.6. The van der Waals surface area contributed by atoms with Crippen LogP contribution in [-0.2, 0) is 4.79 Å². The summed E-state index contributed by atoms with van der Waals surface area (Å²) in [5.41, 5.74) is 0.192. The van der Waals surface area contributed by atoms with Gasteiger partial charge in [-0.25, -0.2) is 4.98 Å². The number of amides is 1. The monoisotopic (exact) mass is 370 g/mol. The van der Waals surface area contributed by atoms with E-state index in [1.807, 2.05) is 32.0 Å². The molecular formula is C20H26N4OS. The lowest BCUT2D eigenvalue weighted by molar-refractivity contribution is -0.124. The summed E-state index contributed by atoms with van der Waals surface area (Å²) in [6.45, 7) is 6.89. The molecule has 0 unspecified atom stereocenters. The molecule has 1 aliphatic rings. The lowest BCUT2D eigenvalue weighted by Crippen LogP contribution is -2.52. The number of thiazole rings is 1. The van der Waals surface area contributed by atoms with E-state index in [4.69, 9.17) is 4.98 Å². The van der Waals surface area contributed by atoms with E-state index in [0.717, 1.165) is 36.3 Å². The Hall–Kier alpha value is -1.97. The highest BCUT2D eigenvalue weighted by atomic mass is 32.1. The minimum Gasteiger partial charge on any atom is -0.337 e. The largest absolute Gasteiger partial charge is 0.337 e. The number of hydrogen-bond acceptors (Lipinski definition) is 5. The molecule has 0 saturated carbocycles. The molecule has 1 aromatic carbocycles. The molecule has 5 nitrogen and oxygen atoms in total. The SMILES string of the molecule is CC(C)[C@@](C)(C#N)NC(=O)CN1CCCC[C@@H]1c1nc2ccccc2s1. The average Bonchev–Trinajstić information content (AvgIpc) is 3.05. The molecule has 1 amide bonds. The molecule has 6 heteroatoms. The van der Waals surface area contributed by atoms with Crippen LogP contribution in [0.2, 0.25) is 0 Å². The third-order valence-corrected chi connectivity index (χ3v) is 6.48. The van der Waals surface area contributed by atoms with Gasteiger partial charge in [-0.2, -0.15) is 5.26 Å². The summed E-state index contributed by atoms with van der Waals surface area (Å²) in [5, 5.41) is 13.5. The molecule has 1 N–H and O–H groups in total. The summed E-state index contributed by atoms with van der Waals surface area (Å²) in [6.07, 6.45) is 3.27. The summed E-state index contributed by atoms with van der Waals surface area (Å²) < 4.78 is 1.19. The lowest BCUT2D eigenvalue weighted by Gasteiger charge is -2.35. The van der Waals surface area contributed by atoms with Crippen molar-refractivity contribution in [1.29, 1.82) is 5.26 Å². The fourth-order valence-corrected chi connectivity index (χ4v) is 4.44. The van der Waals surface area contributed by atoms with Gasteiger partial charge in [0, 0.05) is 0 Å². The standard InChI is InChI=1S/C20H26N4OS/c1-14(2)20(3,13-21)23-18(25)12-24-11-7-6-9-16(24)19-22-15-8-4-5-10-17(15)26-19/h4-5,8,10,14,16H,6-7,9,11-12H2,1-3H3,(H,23,25)/t16-,20-/m1/s1. The van der Waals surface area contributed by atoms with Crippen LogP contribution >= 0.6 is 11.3 Å². The van der Waals surface area contributed by atoms with Gasteiger partial charge in [-0.05, 0) is 44.4 Å². The van der Waals surface area contributed by atoms with Crippen molar-refractivity contribution < 1.29 is 4.79 Å². The average molecular weight is 371 g/mol. The molecule has 1 aromatic heterocycles. The third-order valence-electron chi connectivity index (χ3n) is 5.34. The van der Waals surface area contributed by atoms with Crippen molar-refractivity contribution in [1.82, 2.24) is 15.2 Å². The highest BCUT2D eigenvalue weighted by molar-refractivity contribution is 7.18. The predicted molar refractivity (Wildman–Crippen MR) is 105 cm³/mol. The molecule has 2 aromatic rings. The fourth-order valence-electron chi connectivity index (χ4n) is 3.31. The van der Waals surface area contributed by atoms with Crippen LogP contribution in [0.15, 0.2) is 24.3 Å². The Kier molecular flexibility index (Phi) is 5.59. The van der Waals surface area contributed by atoms with E-state index in [9.17, 15) is 10.1 Å². The molecule has 0 radical (unpaired) electrons. The number of fused-ring (bicyclic) bond motifs is 1. The zero-order valence-corrected chi connectivity index (χ0v) is 16.5. The summed E-state index contributed by atoms with van der Waals surface area (Å²) in [6, 6.07) is 10.6. The van der Waals surface area contributed by atoms with Crippen molar-refractivity contribution >= 4 is 27.5 Å².